The molecule has 0 N–H and O–H groups in total. The van der Waals surface area contributed by atoms with Crippen LogP contribution in [-0.4, -0.2) is 0 Å². The van der Waals surface area contributed by atoms with Crippen LogP contribution in [0.5, 0.6) is 5.75 Å². The summed E-state index contributed by atoms with van der Waals surface area (Å²) in [5.74, 6) is 0.0655. The molecule has 0 spiro atoms. The van der Waals surface area contributed by atoms with Gasteiger partial charge in [-0.2, -0.15) is 10.5 Å². The molecule has 5 heteroatoms. The Hall–Kier alpha value is -3.41. The van der Waals surface area contributed by atoms with Gasteiger partial charge in [0, 0.05) is 21.2 Å². The molecule has 0 atom stereocenters. The van der Waals surface area contributed by atoms with Gasteiger partial charge in [0.15, 0.2) is 0 Å². The van der Waals surface area contributed by atoms with E-state index < -0.39 is 5.82 Å². The minimum Gasteiger partial charge on any atom is -0.488 e. The lowest BCUT2D eigenvalue weighted by molar-refractivity contribution is 0.305. The predicted octanol–water partition coefficient (Wildman–Crippen LogP) is 6.10. The number of hydrogen-bond donors (Lipinski definition) is 0. The van der Waals surface area contributed by atoms with Gasteiger partial charge in [-0.3, -0.25) is 0 Å². The van der Waals surface area contributed by atoms with Crippen molar-refractivity contribution in [2.45, 2.75) is 6.61 Å². The highest BCUT2D eigenvalue weighted by molar-refractivity contribution is 9.10. The zero-order chi connectivity index (χ0) is 19.9. The van der Waals surface area contributed by atoms with E-state index in [-0.39, 0.29) is 17.7 Å². The largest absolute Gasteiger partial charge is 0.488 e. The number of nitriles is 2. The van der Waals surface area contributed by atoms with Crippen LogP contribution in [0.1, 0.15) is 22.3 Å². The van der Waals surface area contributed by atoms with Crippen molar-refractivity contribution in [1.82, 2.24) is 0 Å². The van der Waals surface area contributed by atoms with E-state index in [1.165, 1.54) is 6.07 Å². The molecule has 3 aromatic rings. The predicted molar refractivity (Wildman–Crippen MR) is 110 cm³/mol. The summed E-state index contributed by atoms with van der Waals surface area (Å²) in [7, 11) is 0. The molecule has 0 saturated carbocycles. The molecular formula is C23H14BrFN2O. The van der Waals surface area contributed by atoms with Crippen molar-refractivity contribution in [3.05, 3.63) is 99.3 Å². The highest BCUT2D eigenvalue weighted by atomic mass is 79.9. The Balaban J connectivity index is 1.96. The standard InChI is InChI=1S/C23H14BrFN2O/c24-20-9-10-23(28-15-17-6-2-1-5-16(17)13-26)18(12-20)11-19(14-27)21-7-3-4-8-22(21)25/h1-12H,15H2/b19-11-. The zero-order valence-corrected chi connectivity index (χ0v) is 16.3. The first kappa shape index (κ1) is 19.4. The van der Waals surface area contributed by atoms with Crippen LogP contribution in [0.15, 0.2) is 71.2 Å². The molecule has 28 heavy (non-hydrogen) atoms. The van der Waals surface area contributed by atoms with Crippen LogP contribution in [-0.2, 0) is 6.61 Å². The van der Waals surface area contributed by atoms with E-state index in [1.54, 1.807) is 48.5 Å². The van der Waals surface area contributed by atoms with Crippen LogP contribution in [0.2, 0.25) is 0 Å². The summed E-state index contributed by atoms with van der Waals surface area (Å²) in [4.78, 5) is 0. The Kier molecular flexibility index (Phi) is 6.22. The molecule has 136 valence electrons. The highest BCUT2D eigenvalue weighted by Crippen LogP contribution is 2.29. The van der Waals surface area contributed by atoms with Crippen LogP contribution >= 0.6 is 15.9 Å². The lowest BCUT2D eigenvalue weighted by atomic mass is 10.0. The second kappa shape index (κ2) is 8.99. The summed E-state index contributed by atoms with van der Waals surface area (Å²) in [6, 6.07) is 22.9. The average molecular weight is 433 g/mol. The second-order valence-corrected chi connectivity index (χ2v) is 6.81. The molecule has 0 unspecified atom stereocenters. The number of halogens is 2. The highest BCUT2D eigenvalue weighted by Gasteiger charge is 2.10. The number of nitrogens with zero attached hydrogens (tertiary/aromatic N) is 2. The molecule has 0 aromatic heterocycles. The lowest BCUT2D eigenvalue weighted by Gasteiger charge is -2.11. The maximum absolute atomic E-state index is 14.1. The van der Waals surface area contributed by atoms with E-state index in [1.807, 2.05) is 18.2 Å². The smallest absolute Gasteiger partial charge is 0.131 e. The second-order valence-electron chi connectivity index (χ2n) is 5.89. The van der Waals surface area contributed by atoms with Gasteiger partial charge in [-0.1, -0.05) is 52.3 Å². The molecule has 0 aliphatic carbocycles. The number of rotatable bonds is 5. The first-order valence-corrected chi connectivity index (χ1v) is 9.18. The van der Waals surface area contributed by atoms with E-state index >= 15 is 0 Å². The third-order valence-corrected chi connectivity index (χ3v) is 4.57. The van der Waals surface area contributed by atoms with Crippen LogP contribution < -0.4 is 4.74 Å². The minimum absolute atomic E-state index is 0.193. The van der Waals surface area contributed by atoms with Gasteiger partial charge in [-0.25, -0.2) is 4.39 Å². The van der Waals surface area contributed by atoms with Crippen molar-refractivity contribution < 1.29 is 9.13 Å². The molecule has 3 nitrogen and oxygen atoms in total. The zero-order valence-electron chi connectivity index (χ0n) is 14.7. The van der Waals surface area contributed by atoms with Gasteiger partial charge in [0.25, 0.3) is 0 Å². The summed E-state index contributed by atoms with van der Waals surface area (Å²) in [6.45, 7) is 0.202. The van der Waals surface area contributed by atoms with Crippen molar-refractivity contribution in [3.63, 3.8) is 0 Å². The molecule has 3 aromatic carbocycles. The monoisotopic (exact) mass is 432 g/mol. The summed E-state index contributed by atoms with van der Waals surface area (Å²) in [5, 5.41) is 18.7. The molecule has 3 rings (SSSR count). The Morgan fingerprint density at radius 2 is 1.79 bits per heavy atom. The van der Waals surface area contributed by atoms with Gasteiger partial charge in [0.1, 0.15) is 18.2 Å². The van der Waals surface area contributed by atoms with Crippen LogP contribution in [0.3, 0.4) is 0 Å². The van der Waals surface area contributed by atoms with E-state index in [4.69, 9.17) is 4.74 Å². The molecule has 0 radical (unpaired) electrons. The van der Waals surface area contributed by atoms with Crippen LogP contribution in [0.25, 0.3) is 11.6 Å². The van der Waals surface area contributed by atoms with Gasteiger partial charge >= 0.3 is 0 Å². The van der Waals surface area contributed by atoms with Gasteiger partial charge in [-0.05, 0) is 36.4 Å². The molecule has 0 aliphatic heterocycles. The first-order valence-electron chi connectivity index (χ1n) is 8.39. The topological polar surface area (TPSA) is 56.8 Å². The molecule has 0 heterocycles. The van der Waals surface area contributed by atoms with Crippen molar-refractivity contribution in [1.29, 1.82) is 10.5 Å². The van der Waals surface area contributed by atoms with Crippen LogP contribution in [0.4, 0.5) is 4.39 Å². The normalized spacial score (nSPS) is 10.8. The fourth-order valence-electron chi connectivity index (χ4n) is 2.68. The van der Waals surface area contributed by atoms with Gasteiger partial charge in [0.2, 0.25) is 0 Å². The Bertz CT molecular complexity index is 1130. The summed E-state index contributed by atoms with van der Waals surface area (Å²) in [6.07, 6.45) is 1.59. The van der Waals surface area contributed by atoms with Gasteiger partial charge < -0.3 is 4.74 Å². The molecule has 0 amide bonds. The quantitative estimate of drug-likeness (QED) is 0.361. The van der Waals surface area contributed by atoms with Crippen molar-refractivity contribution in [2.75, 3.05) is 0 Å². The minimum atomic E-state index is -0.462. The van der Waals surface area contributed by atoms with Crippen molar-refractivity contribution in [2.24, 2.45) is 0 Å². The number of benzene rings is 3. The number of hydrogen-bond acceptors (Lipinski definition) is 3. The SMILES string of the molecule is N#C/C(=C/c1cc(Br)ccc1OCc1ccccc1C#N)c1ccccc1F. The maximum atomic E-state index is 14.1. The molecule has 0 bridgehead atoms. The third kappa shape index (κ3) is 4.46. The van der Waals surface area contributed by atoms with Crippen LogP contribution in [0, 0.1) is 28.5 Å². The number of allylic oxidation sites excluding steroid dienone is 1. The lowest BCUT2D eigenvalue weighted by Crippen LogP contribution is -1.99. The van der Waals surface area contributed by atoms with Gasteiger partial charge in [-0.15, -0.1) is 0 Å². The Labute approximate surface area is 171 Å². The van der Waals surface area contributed by atoms with Gasteiger partial charge in [0.05, 0.1) is 23.3 Å². The molecular weight excluding hydrogens is 419 g/mol. The molecule has 0 aliphatic rings. The number of ether oxygens (including phenoxy) is 1. The fraction of sp³-hybridized carbons (Fsp3) is 0.0435. The van der Waals surface area contributed by atoms with E-state index in [9.17, 15) is 14.9 Å². The van der Waals surface area contributed by atoms with Crippen molar-refractivity contribution >= 4 is 27.6 Å². The maximum Gasteiger partial charge on any atom is 0.131 e. The first-order chi connectivity index (χ1) is 13.6. The third-order valence-electron chi connectivity index (χ3n) is 4.08. The Morgan fingerprint density at radius 3 is 2.54 bits per heavy atom. The fourth-order valence-corrected chi connectivity index (χ4v) is 3.06. The molecule has 0 fully saturated rings. The van der Waals surface area contributed by atoms with E-state index in [0.717, 1.165) is 10.0 Å². The van der Waals surface area contributed by atoms with Crippen molar-refractivity contribution in [3.8, 4) is 17.9 Å². The van der Waals surface area contributed by atoms with E-state index in [2.05, 4.69) is 28.1 Å². The summed E-state index contributed by atoms with van der Waals surface area (Å²) >= 11 is 3.41. The molecule has 0 saturated heterocycles. The summed E-state index contributed by atoms with van der Waals surface area (Å²) < 4.78 is 20.8. The average Bonchev–Trinajstić information content (AvgIpc) is 2.72. The van der Waals surface area contributed by atoms with E-state index in [0.29, 0.717) is 16.9 Å². The Morgan fingerprint density at radius 1 is 1.04 bits per heavy atom. The summed E-state index contributed by atoms with van der Waals surface area (Å²) in [5.41, 5.74) is 2.35.